The van der Waals surface area contributed by atoms with Gasteiger partial charge in [-0.15, -0.1) is 6.58 Å². The van der Waals surface area contributed by atoms with Crippen LogP contribution in [0.25, 0.3) is 0 Å². The first-order valence-corrected chi connectivity index (χ1v) is 6.18. The molecule has 0 radical (unpaired) electrons. The molecular weight excluding hydrogens is 202 g/mol. The lowest BCUT2D eigenvalue weighted by atomic mass is 10.3. The van der Waals surface area contributed by atoms with E-state index < -0.39 is 0 Å². The molecule has 16 heavy (non-hydrogen) atoms. The van der Waals surface area contributed by atoms with Crippen molar-refractivity contribution in [3.63, 3.8) is 0 Å². The molecule has 1 saturated heterocycles. The second-order valence-electron chi connectivity index (χ2n) is 4.18. The Kier molecular flexibility index (Phi) is 6.65. The summed E-state index contributed by atoms with van der Waals surface area (Å²) in [6, 6.07) is -0.0962. The van der Waals surface area contributed by atoms with Gasteiger partial charge in [-0.25, -0.2) is 4.79 Å². The Morgan fingerprint density at radius 3 is 2.69 bits per heavy atom. The zero-order chi connectivity index (χ0) is 11.6. The van der Waals surface area contributed by atoms with Gasteiger partial charge in [0.05, 0.1) is 0 Å². The molecule has 2 amide bonds. The Balaban J connectivity index is 1.87. The third kappa shape index (κ3) is 5.75. The molecule has 0 spiro atoms. The van der Waals surface area contributed by atoms with E-state index >= 15 is 0 Å². The minimum atomic E-state index is -0.0962. The fraction of sp³-hybridized carbons (Fsp3) is 0.750. The molecule has 0 unspecified atom stereocenters. The maximum Gasteiger partial charge on any atom is 0.315 e. The summed E-state index contributed by atoms with van der Waals surface area (Å²) in [5.41, 5.74) is 0. The summed E-state index contributed by atoms with van der Waals surface area (Å²) in [5.74, 6) is 0. The highest BCUT2D eigenvalue weighted by molar-refractivity contribution is 5.73. The van der Waals surface area contributed by atoms with Crippen LogP contribution < -0.4 is 10.6 Å². The fourth-order valence-corrected chi connectivity index (χ4v) is 1.90. The molecule has 0 saturated carbocycles. The van der Waals surface area contributed by atoms with Gasteiger partial charge in [0, 0.05) is 13.1 Å². The van der Waals surface area contributed by atoms with E-state index in [2.05, 4.69) is 22.1 Å². The number of carbonyl (C=O) groups is 1. The molecule has 92 valence electrons. The number of carbonyl (C=O) groups excluding carboxylic acids is 1. The number of rotatable bonds is 7. The van der Waals surface area contributed by atoms with Crippen LogP contribution in [0.5, 0.6) is 0 Å². The smallest absolute Gasteiger partial charge is 0.315 e. The van der Waals surface area contributed by atoms with E-state index in [0.29, 0.717) is 6.54 Å². The van der Waals surface area contributed by atoms with Crippen molar-refractivity contribution in [2.45, 2.75) is 25.7 Å². The van der Waals surface area contributed by atoms with Gasteiger partial charge in [-0.2, -0.15) is 0 Å². The maximum absolute atomic E-state index is 11.1. The van der Waals surface area contributed by atoms with Crippen LogP contribution in [0.1, 0.15) is 25.7 Å². The Hall–Kier alpha value is -1.03. The molecule has 0 bridgehead atoms. The predicted octanol–water partition coefficient (Wildman–Crippen LogP) is 1.35. The highest BCUT2D eigenvalue weighted by Crippen LogP contribution is 2.07. The zero-order valence-corrected chi connectivity index (χ0v) is 10.0. The normalized spacial score (nSPS) is 16.0. The molecule has 0 aliphatic carbocycles. The predicted molar refractivity (Wildman–Crippen MR) is 66.5 cm³/mol. The first-order chi connectivity index (χ1) is 7.83. The number of hydrogen-bond donors (Lipinski definition) is 2. The standard InChI is InChI=1S/C12H23N3O/c1-2-7-13-12(16)14-8-3-4-9-15-10-5-6-11-15/h2H,1,3-11H2,(H2,13,14,16). The average Bonchev–Trinajstić information content (AvgIpc) is 2.79. The quantitative estimate of drug-likeness (QED) is 0.507. The van der Waals surface area contributed by atoms with E-state index in [9.17, 15) is 4.79 Å². The highest BCUT2D eigenvalue weighted by Gasteiger charge is 2.09. The number of amides is 2. The Morgan fingerprint density at radius 1 is 1.25 bits per heavy atom. The molecule has 4 heteroatoms. The molecule has 0 aromatic rings. The summed E-state index contributed by atoms with van der Waals surface area (Å²) < 4.78 is 0. The average molecular weight is 225 g/mol. The van der Waals surface area contributed by atoms with E-state index in [4.69, 9.17) is 0 Å². The van der Waals surface area contributed by atoms with Crippen molar-refractivity contribution >= 4 is 6.03 Å². The third-order valence-electron chi connectivity index (χ3n) is 2.79. The molecule has 0 aromatic carbocycles. The van der Waals surface area contributed by atoms with Gasteiger partial charge in [0.1, 0.15) is 0 Å². The molecule has 1 heterocycles. The molecule has 4 nitrogen and oxygen atoms in total. The van der Waals surface area contributed by atoms with Gasteiger partial charge in [0.15, 0.2) is 0 Å². The van der Waals surface area contributed by atoms with Crippen molar-refractivity contribution in [2.24, 2.45) is 0 Å². The Bertz CT molecular complexity index is 212. The Morgan fingerprint density at radius 2 is 2.00 bits per heavy atom. The van der Waals surface area contributed by atoms with Gasteiger partial charge in [-0.3, -0.25) is 0 Å². The molecule has 2 N–H and O–H groups in total. The summed E-state index contributed by atoms with van der Waals surface area (Å²) in [5, 5.41) is 5.51. The van der Waals surface area contributed by atoms with Crippen molar-refractivity contribution in [2.75, 3.05) is 32.7 Å². The Labute approximate surface area is 98.1 Å². The van der Waals surface area contributed by atoms with Crippen molar-refractivity contribution in [3.05, 3.63) is 12.7 Å². The first kappa shape index (κ1) is 13.0. The van der Waals surface area contributed by atoms with E-state index in [1.54, 1.807) is 6.08 Å². The second-order valence-corrected chi connectivity index (χ2v) is 4.18. The van der Waals surface area contributed by atoms with Crippen LogP contribution in [0.3, 0.4) is 0 Å². The summed E-state index contributed by atoms with van der Waals surface area (Å²) >= 11 is 0. The molecule has 1 aliphatic heterocycles. The first-order valence-electron chi connectivity index (χ1n) is 6.18. The van der Waals surface area contributed by atoms with Crippen LogP contribution in [-0.4, -0.2) is 43.7 Å². The summed E-state index contributed by atoms with van der Waals surface area (Å²) in [6.07, 6.45) is 6.59. The van der Waals surface area contributed by atoms with Crippen LogP contribution in [-0.2, 0) is 0 Å². The topological polar surface area (TPSA) is 44.4 Å². The molecule has 0 atom stereocenters. The lowest BCUT2D eigenvalue weighted by Crippen LogP contribution is -2.36. The monoisotopic (exact) mass is 225 g/mol. The van der Waals surface area contributed by atoms with Crippen LogP contribution >= 0.6 is 0 Å². The molecule has 1 aliphatic rings. The lowest BCUT2D eigenvalue weighted by Gasteiger charge is -2.14. The number of hydrogen-bond acceptors (Lipinski definition) is 2. The number of nitrogens with one attached hydrogen (secondary N) is 2. The largest absolute Gasteiger partial charge is 0.338 e. The number of unbranched alkanes of at least 4 members (excludes halogenated alkanes) is 1. The van der Waals surface area contributed by atoms with Gasteiger partial charge in [0.2, 0.25) is 0 Å². The highest BCUT2D eigenvalue weighted by atomic mass is 16.2. The fourth-order valence-electron chi connectivity index (χ4n) is 1.90. The molecule has 0 aromatic heterocycles. The van der Waals surface area contributed by atoms with E-state index in [-0.39, 0.29) is 6.03 Å². The molecule has 1 rings (SSSR count). The minimum Gasteiger partial charge on any atom is -0.338 e. The van der Waals surface area contributed by atoms with Crippen LogP contribution in [0.4, 0.5) is 4.79 Å². The summed E-state index contributed by atoms with van der Waals surface area (Å²) in [7, 11) is 0. The van der Waals surface area contributed by atoms with E-state index in [1.165, 1.54) is 38.9 Å². The van der Waals surface area contributed by atoms with Crippen LogP contribution in [0, 0.1) is 0 Å². The molecular formula is C12H23N3O. The van der Waals surface area contributed by atoms with Crippen molar-refractivity contribution in [3.8, 4) is 0 Å². The van der Waals surface area contributed by atoms with Gasteiger partial charge in [-0.05, 0) is 45.3 Å². The number of likely N-dealkylation sites (tertiary alicyclic amines) is 1. The zero-order valence-electron chi connectivity index (χ0n) is 10.0. The van der Waals surface area contributed by atoms with Gasteiger partial charge in [-0.1, -0.05) is 6.08 Å². The van der Waals surface area contributed by atoms with Crippen molar-refractivity contribution < 1.29 is 4.79 Å². The van der Waals surface area contributed by atoms with Crippen LogP contribution in [0.15, 0.2) is 12.7 Å². The van der Waals surface area contributed by atoms with Gasteiger partial charge >= 0.3 is 6.03 Å². The van der Waals surface area contributed by atoms with Crippen molar-refractivity contribution in [1.82, 2.24) is 15.5 Å². The van der Waals surface area contributed by atoms with Crippen molar-refractivity contribution in [1.29, 1.82) is 0 Å². The SMILES string of the molecule is C=CCNC(=O)NCCCCN1CCCC1. The lowest BCUT2D eigenvalue weighted by molar-refractivity contribution is 0.241. The third-order valence-corrected chi connectivity index (χ3v) is 2.79. The summed E-state index contributed by atoms with van der Waals surface area (Å²) in [4.78, 5) is 13.6. The van der Waals surface area contributed by atoms with Crippen LogP contribution in [0.2, 0.25) is 0 Å². The minimum absolute atomic E-state index is 0.0962. The van der Waals surface area contributed by atoms with E-state index in [0.717, 1.165) is 13.0 Å². The molecule has 1 fully saturated rings. The van der Waals surface area contributed by atoms with E-state index in [1.807, 2.05) is 0 Å². The number of nitrogens with zero attached hydrogens (tertiary/aromatic N) is 1. The van der Waals surface area contributed by atoms with Gasteiger partial charge in [0.25, 0.3) is 0 Å². The van der Waals surface area contributed by atoms with Gasteiger partial charge < -0.3 is 15.5 Å². The number of urea groups is 1. The maximum atomic E-state index is 11.1. The second kappa shape index (κ2) is 8.16. The summed E-state index contributed by atoms with van der Waals surface area (Å²) in [6.45, 7) is 8.52.